The highest BCUT2D eigenvalue weighted by Gasteiger charge is 2.05. The Hall–Kier alpha value is -1.40. The van der Waals surface area contributed by atoms with E-state index in [0.29, 0.717) is 23.4 Å². The molecule has 96 valence electrons. The Morgan fingerprint density at radius 2 is 2.28 bits per heavy atom. The van der Waals surface area contributed by atoms with Gasteiger partial charge in [-0.1, -0.05) is 11.6 Å². The summed E-state index contributed by atoms with van der Waals surface area (Å²) in [5.41, 5.74) is 1.07. The van der Waals surface area contributed by atoms with Gasteiger partial charge >= 0.3 is 6.01 Å². The van der Waals surface area contributed by atoms with Crippen LogP contribution in [-0.2, 0) is 6.42 Å². The normalized spacial score (nSPS) is 10.4. The summed E-state index contributed by atoms with van der Waals surface area (Å²) >= 11 is 7.63. The Balaban J connectivity index is 1.93. The van der Waals surface area contributed by atoms with E-state index in [9.17, 15) is 0 Å². The van der Waals surface area contributed by atoms with E-state index in [1.165, 1.54) is 13.3 Å². The Morgan fingerprint density at radius 3 is 2.94 bits per heavy atom. The number of anilines is 1. The van der Waals surface area contributed by atoms with Gasteiger partial charge in [0.2, 0.25) is 0 Å². The lowest BCUT2D eigenvalue weighted by Gasteiger charge is -2.07. The molecule has 5 nitrogen and oxygen atoms in total. The first kappa shape index (κ1) is 13.0. The number of thiazole rings is 1. The van der Waals surface area contributed by atoms with Gasteiger partial charge in [-0.25, -0.2) is 9.97 Å². The fourth-order valence-corrected chi connectivity index (χ4v) is 2.21. The number of ether oxygens (including phenoxy) is 1. The molecule has 0 bridgehead atoms. The van der Waals surface area contributed by atoms with Crippen LogP contribution in [0, 0.1) is 6.92 Å². The predicted octanol–water partition coefficient (Wildman–Crippen LogP) is 2.56. The molecular weight excluding hydrogens is 272 g/mol. The molecule has 2 aromatic rings. The number of nitrogens with one attached hydrogen (secondary N) is 1. The number of methoxy groups -OCH3 is 1. The van der Waals surface area contributed by atoms with Crippen molar-refractivity contribution < 1.29 is 4.74 Å². The minimum Gasteiger partial charge on any atom is -0.467 e. The Morgan fingerprint density at radius 1 is 1.44 bits per heavy atom. The summed E-state index contributed by atoms with van der Waals surface area (Å²) in [6, 6.07) is 0.298. The van der Waals surface area contributed by atoms with Crippen molar-refractivity contribution in [1.82, 2.24) is 15.0 Å². The second-order valence-corrected chi connectivity index (χ2v) is 5.06. The lowest BCUT2D eigenvalue weighted by Crippen LogP contribution is -2.08. The van der Waals surface area contributed by atoms with Crippen LogP contribution >= 0.6 is 22.9 Å². The molecule has 1 N–H and O–H groups in total. The second-order valence-electron chi connectivity index (χ2n) is 3.59. The van der Waals surface area contributed by atoms with Crippen LogP contribution in [0.15, 0.2) is 11.6 Å². The van der Waals surface area contributed by atoms with Gasteiger partial charge in [0.1, 0.15) is 5.02 Å². The van der Waals surface area contributed by atoms with Crippen LogP contribution in [0.5, 0.6) is 6.01 Å². The molecule has 7 heteroatoms. The molecule has 0 saturated heterocycles. The van der Waals surface area contributed by atoms with E-state index in [-0.39, 0.29) is 0 Å². The first-order chi connectivity index (χ1) is 8.69. The molecule has 0 aliphatic heterocycles. The Labute approximate surface area is 114 Å². The monoisotopic (exact) mass is 284 g/mol. The van der Waals surface area contributed by atoms with E-state index in [4.69, 9.17) is 16.3 Å². The van der Waals surface area contributed by atoms with Crippen molar-refractivity contribution in [1.29, 1.82) is 0 Å². The zero-order chi connectivity index (χ0) is 13.0. The molecule has 2 heterocycles. The molecule has 2 aromatic heterocycles. The maximum Gasteiger partial charge on any atom is 0.318 e. The van der Waals surface area contributed by atoms with Crippen molar-refractivity contribution in [3.63, 3.8) is 0 Å². The third kappa shape index (κ3) is 3.30. The number of nitrogens with zero attached hydrogens (tertiary/aromatic N) is 3. The highest BCUT2D eigenvalue weighted by Crippen LogP contribution is 2.20. The highest BCUT2D eigenvalue weighted by molar-refractivity contribution is 7.09. The number of halogens is 1. The summed E-state index contributed by atoms with van der Waals surface area (Å²) in [5.74, 6) is 0.579. The molecule has 18 heavy (non-hydrogen) atoms. The molecule has 2 rings (SSSR count). The van der Waals surface area contributed by atoms with Gasteiger partial charge in [0.15, 0.2) is 5.82 Å². The summed E-state index contributed by atoms with van der Waals surface area (Å²) in [6.45, 7) is 2.71. The maximum absolute atomic E-state index is 5.98. The highest BCUT2D eigenvalue weighted by atomic mass is 35.5. The Kier molecular flexibility index (Phi) is 4.33. The lowest BCUT2D eigenvalue weighted by atomic mass is 10.3. The molecule has 0 aliphatic rings. The van der Waals surface area contributed by atoms with Crippen molar-refractivity contribution in [3.05, 3.63) is 27.3 Å². The lowest BCUT2D eigenvalue weighted by molar-refractivity contribution is 0.380. The first-order valence-corrected chi connectivity index (χ1v) is 6.66. The average Bonchev–Trinajstić information content (AvgIpc) is 2.77. The number of rotatable bonds is 5. The smallest absolute Gasteiger partial charge is 0.318 e. The van der Waals surface area contributed by atoms with Gasteiger partial charge < -0.3 is 10.1 Å². The van der Waals surface area contributed by atoms with Crippen molar-refractivity contribution in [3.8, 4) is 6.01 Å². The van der Waals surface area contributed by atoms with E-state index in [2.05, 4.69) is 25.6 Å². The first-order valence-electron chi connectivity index (χ1n) is 5.40. The van der Waals surface area contributed by atoms with E-state index < -0.39 is 0 Å². The average molecular weight is 285 g/mol. The molecule has 0 fully saturated rings. The molecule has 0 saturated carbocycles. The molecule has 0 aliphatic carbocycles. The molecular formula is C11H13ClN4OS. The number of aromatic nitrogens is 3. The quantitative estimate of drug-likeness (QED) is 0.914. The van der Waals surface area contributed by atoms with Crippen LogP contribution in [-0.4, -0.2) is 28.6 Å². The van der Waals surface area contributed by atoms with Gasteiger partial charge in [0, 0.05) is 18.3 Å². The third-order valence-corrected chi connectivity index (χ3v) is 3.34. The van der Waals surface area contributed by atoms with Gasteiger partial charge in [-0.15, -0.1) is 11.3 Å². The van der Waals surface area contributed by atoms with Gasteiger partial charge in [-0.05, 0) is 6.92 Å². The van der Waals surface area contributed by atoms with Crippen LogP contribution in [0.2, 0.25) is 5.02 Å². The number of aryl methyl sites for hydroxylation is 1. The summed E-state index contributed by atoms with van der Waals surface area (Å²) in [7, 11) is 1.52. The molecule has 0 unspecified atom stereocenters. The van der Waals surface area contributed by atoms with Gasteiger partial charge in [-0.2, -0.15) is 4.98 Å². The fourth-order valence-electron chi connectivity index (χ4n) is 1.41. The minimum absolute atomic E-state index is 0.298. The van der Waals surface area contributed by atoms with Crippen molar-refractivity contribution in [2.75, 3.05) is 19.0 Å². The molecule has 0 radical (unpaired) electrons. The topological polar surface area (TPSA) is 59.9 Å². The predicted molar refractivity (Wildman–Crippen MR) is 72.6 cm³/mol. The standard InChI is InChI=1S/C11H13ClN4OS/c1-7-15-8(6-18-7)3-4-13-10-9(12)5-14-11(16-10)17-2/h5-6H,3-4H2,1-2H3,(H,13,14,16). The fraction of sp³-hybridized carbons (Fsp3) is 0.364. The zero-order valence-electron chi connectivity index (χ0n) is 10.1. The zero-order valence-corrected chi connectivity index (χ0v) is 11.7. The van der Waals surface area contributed by atoms with Crippen LogP contribution in [0.3, 0.4) is 0 Å². The van der Waals surface area contributed by atoms with Gasteiger partial charge in [-0.3, -0.25) is 0 Å². The maximum atomic E-state index is 5.98. The molecule has 0 aromatic carbocycles. The number of hydrogen-bond donors (Lipinski definition) is 1. The van der Waals surface area contributed by atoms with E-state index in [1.807, 2.05) is 6.92 Å². The van der Waals surface area contributed by atoms with Crippen LogP contribution in [0.1, 0.15) is 10.7 Å². The molecule has 0 atom stereocenters. The van der Waals surface area contributed by atoms with Crippen molar-refractivity contribution in [2.45, 2.75) is 13.3 Å². The van der Waals surface area contributed by atoms with Crippen molar-refractivity contribution in [2.24, 2.45) is 0 Å². The third-order valence-electron chi connectivity index (χ3n) is 2.24. The SMILES string of the molecule is COc1ncc(Cl)c(NCCc2csc(C)n2)n1. The summed E-state index contributed by atoms with van der Waals surface area (Å²) in [6.07, 6.45) is 2.34. The van der Waals surface area contributed by atoms with Crippen molar-refractivity contribution >= 4 is 28.8 Å². The minimum atomic E-state index is 0.298. The molecule has 0 spiro atoms. The van der Waals surface area contributed by atoms with Crippen LogP contribution in [0.4, 0.5) is 5.82 Å². The summed E-state index contributed by atoms with van der Waals surface area (Å²) in [5, 5.41) is 6.75. The molecule has 0 amide bonds. The van der Waals surface area contributed by atoms with E-state index >= 15 is 0 Å². The number of hydrogen-bond acceptors (Lipinski definition) is 6. The van der Waals surface area contributed by atoms with E-state index in [0.717, 1.165) is 17.1 Å². The second kappa shape index (κ2) is 5.97. The van der Waals surface area contributed by atoms with E-state index in [1.54, 1.807) is 11.3 Å². The van der Waals surface area contributed by atoms with Crippen LogP contribution in [0.25, 0.3) is 0 Å². The van der Waals surface area contributed by atoms with Gasteiger partial charge in [0.25, 0.3) is 0 Å². The van der Waals surface area contributed by atoms with Crippen LogP contribution < -0.4 is 10.1 Å². The summed E-state index contributed by atoms with van der Waals surface area (Å²) < 4.78 is 4.95. The van der Waals surface area contributed by atoms with Gasteiger partial charge in [0.05, 0.1) is 24.0 Å². The largest absolute Gasteiger partial charge is 0.467 e. The Bertz CT molecular complexity index is 532. The summed E-state index contributed by atoms with van der Waals surface area (Å²) in [4.78, 5) is 12.4.